The Kier molecular flexibility index (Phi) is 5.40. The van der Waals surface area contributed by atoms with Crippen molar-refractivity contribution in [2.24, 2.45) is 0 Å². The molecule has 0 N–H and O–H groups in total. The molecule has 0 unspecified atom stereocenters. The predicted molar refractivity (Wildman–Crippen MR) is 103 cm³/mol. The Bertz CT molecular complexity index is 920. The number of aryl methyl sites for hydroxylation is 1. The van der Waals surface area contributed by atoms with Crippen LogP contribution in [0.1, 0.15) is 30.5 Å². The molecule has 0 aliphatic carbocycles. The Morgan fingerprint density at radius 3 is 2.32 bits per heavy atom. The molecule has 0 saturated carbocycles. The van der Waals surface area contributed by atoms with Crippen molar-refractivity contribution in [2.45, 2.75) is 33.2 Å². The van der Waals surface area contributed by atoms with Crippen LogP contribution in [0.4, 0.5) is 0 Å². The van der Waals surface area contributed by atoms with Gasteiger partial charge in [-0.1, -0.05) is 24.3 Å². The SMILES string of the molecule is COc1ccc(C=C2C(=O)OC(C)(C)OC2=O)cc1COc1ccccc1C. The largest absolute Gasteiger partial charge is 0.496 e. The first-order chi connectivity index (χ1) is 13.3. The number of carbonyl (C=O) groups is 2. The monoisotopic (exact) mass is 382 g/mol. The maximum atomic E-state index is 12.1. The van der Waals surface area contributed by atoms with Gasteiger partial charge in [-0.3, -0.25) is 0 Å². The van der Waals surface area contributed by atoms with E-state index in [4.69, 9.17) is 18.9 Å². The quantitative estimate of drug-likeness (QED) is 0.445. The van der Waals surface area contributed by atoms with E-state index in [9.17, 15) is 9.59 Å². The van der Waals surface area contributed by atoms with E-state index >= 15 is 0 Å². The van der Waals surface area contributed by atoms with Gasteiger partial charge in [-0.05, 0) is 42.3 Å². The summed E-state index contributed by atoms with van der Waals surface area (Å²) in [5, 5.41) is 0. The van der Waals surface area contributed by atoms with E-state index in [0.29, 0.717) is 11.3 Å². The van der Waals surface area contributed by atoms with Crippen LogP contribution in [0.25, 0.3) is 6.08 Å². The molecule has 0 amide bonds. The second kappa shape index (κ2) is 7.76. The smallest absolute Gasteiger partial charge is 0.348 e. The van der Waals surface area contributed by atoms with E-state index in [1.165, 1.54) is 19.9 Å². The van der Waals surface area contributed by atoms with Crippen LogP contribution in [-0.4, -0.2) is 24.8 Å². The molecule has 0 bridgehead atoms. The summed E-state index contributed by atoms with van der Waals surface area (Å²) in [7, 11) is 1.57. The first-order valence-corrected chi connectivity index (χ1v) is 8.83. The van der Waals surface area contributed by atoms with Gasteiger partial charge in [0.1, 0.15) is 23.7 Å². The molecule has 1 heterocycles. The number of ether oxygens (including phenoxy) is 4. The molecule has 6 heteroatoms. The molecule has 6 nitrogen and oxygen atoms in total. The first kappa shape index (κ1) is 19.5. The number of methoxy groups -OCH3 is 1. The lowest BCUT2D eigenvalue weighted by atomic mass is 10.1. The second-order valence-electron chi connectivity index (χ2n) is 6.86. The average Bonchev–Trinajstić information content (AvgIpc) is 2.63. The summed E-state index contributed by atoms with van der Waals surface area (Å²) in [4.78, 5) is 24.3. The first-order valence-electron chi connectivity index (χ1n) is 8.83. The van der Waals surface area contributed by atoms with Crippen molar-refractivity contribution in [3.05, 3.63) is 64.7 Å². The fraction of sp³-hybridized carbons (Fsp3) is 0.273. The molecule has 0 atom stereocenters. The zero-order valence-corrected chi connectivity index (χ0v) is 16.3. The van der Waals surface area contributed by atoms with E-state index in [1.54, 1.807) is 25.3 Å². The number of rotatable bonds is 5. The molecule has 28 heavy (non-hydrogen) atoms. The third kappa shape index (κ3) is 4.34. The summed E-state index contributed by atoms with van der Waals surface area (Å²) in [6.45, 7) is 5.25. The van der Waals surface area contributed by atoms with Gasteiger partial charge in [0.15, 0.2) is 0 Å². The number of cyclic esters (lactones) is 2. The molecule has 146 valence electrons. The molecule has 1 aliphatic rings. The molecule has 3 rings (SSSR count). The molecule has 1 aliphatic heterocycles. The number of esters is 2. The van der Waals surface area contributed by atoms with Crippen molar-refractivity contribution in [3.63, 3.8) is 0 Å². The molecule has 0 aromatic heterocycles. The number of carbonyl (C=O) groups excluding carboxylic acids is 2. The molecule has 1 fully saturated rings. The summed E-state index contributed by atoms with van der Waals surface area (Å²) in [5.41, 5.74) is 2.27. The summed E-state index contributed by atoms with van der Waals surface area (Å²) in [5.74, 6) is -1.27. The Balaban J connectivity index is 1.86. The van der Waals surface area contributed by atoms with Gasteiger partial charge in [0.05, 0.1) is 7.11 Å². The van der Waals surface area contributed by atoms with E-state index in [0.717, 1.165) is 16.9 Å². The minimum absolute atomic E-state index is 0.157. The third-order valence-corrected chi connectivity index (χ3v) is 4.21. The van der Waals surface area contributed by atoms with Crippen LogP contribution in [0.5, 0.6) is 11.5 Å². The van der Waals surface area contributed by atoms with Crippen molar-refractivity contribution in [1.82, 2.24) is 0 Å². The summed E-state index contributed by atoms with van der Waals surface area (Å²) < 4.78 is 21.5. The minimum Gasteiger partial charge on any atom is -0.496 e. The molecule has 1 saturated heterocycles. The topological polar surface area (TPSA) is 71.1 Å². The Labute approximate surface area is 163 Å². The third-order valence-electron chi connectivity index (χ3n) is 4.21. The van der Waals surface area contributed by atoms with Crippen molar-refractivity contribution in [1.29, 1.82) is 0 Å². The molecule has 0 spiro atoms. The van der Waals surface area contributed by atoms with Crippen LogP contribution in [0.15, 0.2) is 48.0 Å². The maximum Gasteiger partial charge on any atom is 0.348 e. The van der Waals surface area contributed by atoms with Crippen LogP contribution in [0, 0.1) is 6.92 Å². The Morgan fingerprint density at radius 2 is 1.68 bits per heavy atom. The van der Waals surface area contributed by atoms with Crippen molar-refractivity contribution >= 4 is 18.0 Å². The summed E-state index contributed by atoms with van der Waals surface area (Å²) in [6, 6.07) is 13.0. The fourth-order valence-electron chi connectivity index (χ4n) is 2.82. The van der Waals surface area contributed by atoms with Crippen LogP contribution in [0.3, 0.4) is 0 Å². The molecule has 2 aromatic carbocycles. The van der Waals surface area contributed by atoms with Crippen molar-refractivity contribution < 1.29 is 28.5 Å². The van der Waals surface area contributed by atoms with Crippen LogP contribution in [-0.2, 0) is 25.7 Å². The van der Waals surface area contributed by atoms with Gasteiger partial charge in [0.2, 0.25) is 0 Å². The van der Waals surface area contributed by atoms with Gasteiger partial charge in [-0.2, -0.15) is 0 Å². The van der Waals surface area contributed by atoms with Gasteiger partial charge in [-0.25, -0.2) is 9.59 Å². The number of benzene rings is 2. The van der Waals surface area contributed by atoms with Gasteiger partial charge in [0, 0.05) is 19.4 Å². The molecule has 2 aromatic rings. The van der Waals surface area contributed by atoms with Gasteiger partial charge < -0.3 is 18.9 Å². The highest BCUT2D eigenvalue weighted by Crippen LogP contribution is 2.27. The van der Waals surface area contributed by atoms with E-state index in [1.807, 2.05) is 31.2 Å². The molecular weight excluding hydrogens is 360 g/mol. The predicted octanol–water partition coefficient (Wildman–Crippen LogP) is 3.80. The minimum atomic E-state index is -1.27. The highest BCUT2D eigenvalue weighted by Gasteiger charge is 2.38. The van der Waals surface area contributed by atoms with Crippen LogP contribution < -0.4 is 9.47 Å². The lowest BCUT2D eigenvalue weighted by Gasteiger charge is -2.29. The number of para-hydroxylation sites is 1. The standard InChI is InChI=1S/C22H22O6/c1-14-7-5-6-8-18(14)26-13-16-11-15(9-10-19(16)25-4)12-17-20(23)27-22(2,3)28-21(17)24/h5-12H,13H2,1-4H3. The summed E-state index contributed by atoms with van der Waals surface area (Å²) in [6.07, 6.45) is 1.44. The van der Waals surface area contributed by atoms with Crippen molar-refractivity contribution in [2.75, 3.05) is 7.11 Å². The second-order valence-corrected chi connectivity index (χ2v) is 6.86. The molecular formula is C22H22O6. The van der Waals surface area contributed by atoms with E-state index < -0.39 is 17.7 Å². The summed E-state index contributed by atoms with van der Waals surface area (Å²) >= 11 is 0. The normalized spacial score (nSPS) is 15.5. The Morgan fingerprint density at radius 1 is 1.00 bits per heavy atom. The number of hydrogen-bond donors (Lipinski definition) is 0. The zero-order valence-electron chi connectivity index (χ0n) is 16.3. The van der Waals surface area contributed by atoms with E-state index in [-0.39, 0.29) is 12.2 Å². The van der Waals surface area contributed by atoms with Crippen LogP contribution in [0.2, 0.25) is 0 Å². The Hall–Kier alpha value is -3.28. The highest BCUT2D eigenvalue weighted by molar-refractivity contribution is 6.18. The van der Waals surface area contributed by atoms with Crippen LogP contribution >= 0.6 is 0 Å². The highest BCUT2D eigenvalue weighted by atomic mass is 16.7. The maximum absolute atomic E-state index is 12.1. The lowest BCUT2D eigenvalue weighted by molar-refractivity contribution is -0.222. The van der Waals surface area contributed by atoms with E-state index in [2.05, 4.69) is 0 Å². The van der Waals surface area contributed by atoms with Gasteiger partial charge in [-0.15, -0.1) is 0 Å². The fourth-order valence-corrected chi connectivity index (χ4v) is 2.82. The van der Waals surface area contributed by atoms with Crippen molar-refractivity contribution in [3.8, 4) is 11.5 Å². The van der Waals surface area contributed by atoms with Gasteiger partial charge >= 0.3 is 11.9 Å². The average molecular weight is 382 g/mol. The van der Waals surface area contributed by atoms with Gasteiger partial charge in [0.25, 0.3) is 5.79 Å². The zero-order chi connectivity index (χ0) is 20.3. The molecule has 0 radical (unpaired) electrons. The number of hydrogen-bond acceptors (Lipinski definition) is 6. The lowest BCUT2D eigenvalue weighted by Crippen LogP contribution is -2.41.